The first-order valence-electron chi connectivity index (χ1n) is 11.6. The van der Waals surface area contributed by atoms with E-state index in [-0.39, 0.29) is 12.0 Å². The first-order chi connectivity index (χ1) is 16.2. The number of carboxylic acids is 1. The minimum absolute atomic E-state index is 0.0309. The fourth-order valence-corrected chi connectivity index (χ4v) is 4.47. The average Bonchev–Trinajstić information content (AvgIpc) is 2.85. The first-order valence-corrected chi connectivity index (χ1v) is 11.6. The van der Waals surface area contributed by atoms with Crippen LogP contribution < -0.4 is 9.47 Å². The third-order valence-electron chi connectivity index (χ3n) is 6.18. The molecule has 1 aliphatic heterocycles. The Labute approximate surface area is 195 Å². The van der Waals surface area contributed by atoms with Gasteiger partial charge in [0, 0.05) is 0 Å². The molecule has 0 aromatic heterocycles. The highest BCUT2D eigenvalue weighted by atomic mass is 16.5. The lowest BCUT2D eigenvalue weighted by Crippen LogP contribution is -2.39. The third kappa shape index (κ3) is 5.74. The molecular formula is C28H31NO4. The van der Waals surface area contributed by atoms with E-state index in [4.69, 9.17) is 9.47 Å². The fraction of sp³-hybridized carbons (Fsp3) is 0.321. The molecule has 1 atom stereocenters. The SMILES string of the molecule is CCOc1cc(C(c2ccccc2)N2CCC(C(=O)O)CC2)ccc1OCc1ccccc1. The molecule has 33 heavy (non-hydrogen) atoms. The van der Waals surface area contributed by atoms with Crippen LogP contribution in [0.4, 0.5) is 0 Å². The number of hydrogen-bond acceptors (Lipinski definition) is 4. The Morgan fingerprint density at radius 1 is 0.909 bits per heavy atom. The predicted molar refractivity (Wildman–Crippen MR) is 129 cm³/mol. The molecule has 0 bridgehead atoms. The molecule has 1 N–H and O–H groups in total. The molecule has 3 aromatic carbocycles. The van der Waals surface area contributed by atoms with E-state index in [1.165, 1.54) is 5.56 Å². The molecule has 5 heteroatoms. The number of piperidine rings is 1. The largest absolute Gasteiger partial charge is 0.490 e. The number of benzene rings is 3. The molecule has 3 aromatic rings. The van der Waals surface area contributed by atoms with Gasteiger partial charge in [-0.2, -0.15) is 0 Å². The van der Waals surface area contributed by atoms with Gasteiger partial charge in [0.05, 0.1) is 18.6 Å². The second-order valence-corrected chi connectivity index (χ2v) is 8.38. The van der Waals surface area contributed by atoms with Gasteiger partial charge in [-0.05, 0) is 61.7 Å². The highest BCUT2D eigenvalue weighted by Crippen LogP contribution is 2.37. The number of rotatable bonds is 9. The molecule has 1 fully saturated rings. The number of ether oxygens (including phenoxy) is 2. The molecule has 5 nitrogen and oxygen atoms in total. The van der Waals surface area contributed by atoms with Crippen molar-refractivity contribution in [3.05, 3.63) is 95.6 Å². The number of likely N-dealkylation sites (tertiary alicyclic amines) is 1. The van der Waals surface area contributed by atoms with E-state index in [1.807, 2.05) is 61.5 Å². The third-order valence-corrected chi connectivity index (χ3v) is 6.18. The predicted octanol–water partition coefficient (Wildman–Crippen LogP) is 5.55. The molecule has 0 spiro atoms. The molecule has 0 radical (unpaired) electrons. The van der Waals surface area contributed by atoms with E-state index < -0.39 is 5.97 Å². The second kappa shape index (κ2) is 11.0. The van der Waals surface area contributed by atoms with Gasteiger partial charge in [0.25, 0.3) is 0 Å². The summed E-state index contributed by atoms with van der Waals surface area (Å²) in [6.07, 6.45) is 1.32. The van der Waals surface area contributed by atoms with Crippen LogP contribution in [-0.4, -0.2) is 35.7 Å². The fourth-order valence-electron chi connectivity index (χ4n) is 4.47. The van der Waals surface area contributed by atoms with Crippen LogP contribution in [0.1, 0.15) is 42.5 Å². The van der Waals surface area contributed by atoms with Crippen LogP contribution in [0.25, 0.3) is 0 Å². The summed E-state index contributed by atoms with van der Waals surface area (Å²) in [5, 5.41) is 9.41. The van der Waals surface area contributed by atoms with Crippen molar-refractivity contribution >= 4 is 5.97 Å². The minimum Gasteiger partial charge on any atom is -0.490 e. The Kier molecular flexibility index (Phi) is 7.63. The van der Waals surface area contributed by atoms with Crippen LogP contribution >= 0.6 is 0 Å². The summed E-state index contributed by atoms with van der Waals surface area (Å²) in [5.41, 5.74) is 3.41. The maximum absolute atomic E-state index is 11.4. The number of carbonyl (C=O) groups is 1. The topological polar surface area (TPSA) is 59.0 Å². The maximum atomic E-state index is 11.4. The van der Waals surface area contributed by atoms with Crippen molar-refractivity contribution < 1.29 is 19.4 Å². The molecule has 1 heterocycles. The van der Waals surface area contributed by atoms with Gasteiger partial charge in [-0.25, -0.2) is 0 Å². The summed E-state index contributed by atoms with van der Waals surface area (Å²) in [4.78, 5) is 13.8. The quantitative estimate of drug-likeness (QED) is 0.468. The van der Waals surface area contributed by atoms with Crippen molar-refractivity contribution in [3.8, 4) is 11.5 Å². The van der Waals surface area contributed by atoms with E-state index in [2.05, 4.69) is 29.2 Å². The van der Waals surface area contributed by atoms with Gasteiger partial charge in [0.2, 0.25) is 0 Å². The van der Waals surface area contributed by atoms with Crippen molar-refractivity contribution in [3.63, 3.8) is 0 Å². The Morgan fingerprint density at radius 3 is 2.21 bits per heavy atom. The van der Waals surface area contributed by atoms with Crippen LogP contribution in [0, 0.1) is 5.92 Å². The highest BCUT2D eigenvalue weighted by Gasteiger charge is 2.30. The van der Waals surface area contributed by atoms with Gasteiger partial charge in [-0.15, -0.1) is 0 Å². The number of aliphatic carboxylic acids is 1. The Balaban J connectivity index is 1.61. The van der Waals surface area contributed by atoms with E-state index in [0.29, 0.717) is 26.1 Å². The van der Waals surface area contributed by atoms with Crippen molar-refractivity contribution in [2.45, 2.75) is 32.4 Å². The van der Waals surface area contributed by atoms with Gasteiger partial charge < -0.3 is 14.6 Å². The Morgan fingerprint density at radius 2 is 1.58 bits per heavy atom. The van der Waals surface area contributed by atoms with Gasteiger partial charge >= 0.3 is 5.97 Å². The van der Waals surface area contributed by atoms with Gasteiger partial charge in [0.1, 0.15) is 6.61 Å². The average molecular weight is 446 g/mol. The van der Waals surface area contributed by atoms with E-state index in [1.54, 1.807) is 0 Å². The summed E-state index contributed by atoms with van der Waals surface area (Å²) >= 11 is 0. The van der Waals surface area contributed by atoms with Crippen LogP contribution in [-0.2, 0) is 11.4 Å². The zero-order valence-electron chi connectivity index (χ0n) is 19.0. The monoisotopic (exact) mass is 445 g/mol. The molecule has 1 unspecified atom stereocenters. The molecule has 4 rings (SSSR count). The lowest BCUT2D eigenvalue weighted by molar-refractivity contribution is -0.143. The minimum atomic E-state index is -0.690. The van der Waals surface area contributed by atoms with Crippen LogP contribution in [0.5, 0.6) is 11.5 Å². The van der Waals surface area contributed by atoms with E-state index in [9.17, 15) is 9.90 Å². The first kappa shape index (κ1) is 22.9. The summed E-state index contributed by atoms with van der Waals surface area (Å²) in [5.74, 6) is 0.503. The lowest BCUT2D eigenvalue weighted by atomic mass is 9.91. The second-order valence-electron chi connectivity index (χ2n) is 8.38. The lowest BCUT2D eigenvalue weighted by Gasteiger charge is -2.37. The summed E-state index contributed by atoms with van der Waals surface area (Å²) in [6.45, 7) is 4.48. The molecule has 0 saturated carbocycles. The smallest absolute Gasteiger partial charge is 0.306 e. The molecule has 0 aliphatic carbocycles. The van der Waals surface area contributed by atoms with Crippen molar-refractivity contribution in [2.24, 2.45) is 5.92 Å². The van der Waals surface area contributed by atoms with Crippen molar-refractivity contribution in [2.75, 3.05) is 19.7 Å². The Bertz CT molecular complexity index is 1030. The zero-order chi connectivity index (χ0) is 23.0. The number of nitrogens with zero attached hydrogens (tertiary/aromatic N) is 1. The van der Waals surface area contributed by atoms with Gasteiger partial charge in [-0.1, -0.05) is 66.7 Å². The van der Waals surface area contributed by atoms with Gasteiger partial charge in [0.15, 0.2) is 11.5 Å². The summed E-state index contributed by atoms with van der Waals surface area (Å²) in [7, 11) is 0. The summed E-state index contributed by atoms with van der Waals surface area (Å²) < 4.78 is 12.1. The number of hydrogen-bond donors (Lipinski definition) is 1. The molecule has 1 aliphatic rings. The normalized spacial score (nSPS) is 15.7. The molecule has 0 amide bonds. The number of carboxylic acid groups (broad SMARTS) is 1. The maximum Gasteiger partial charge on any atom is 0.306 e. The molecule has 1 saturated heterocycles. The highest BCUT2D eigenvalue weighted by molar-refractivity contribution is 5.70. The van der Waals surface area contributed by atoms with Crippen LogP contribution in [0.3, 0.4) is 0 Å². The van der Waals surface area contributed by atoms with Crippen molar-refractivity contribution in [1.29, 1.82) is 0 Å². The van der Waals surface area contributed by atoms with Crippen LogP contribution in [0.15, 0.2) is 78.9 Å². The van der Waals surface area contributed by atoms with E-state index >= 15 is 0 Å². The molecular weight excluding hydrogens is 414 g/mol. The van der Waals surface area contributed by atoms with Crippen LogP contribution in [0.2, 0.25) is 0 Å². The Hall–Kier alpha value is -3.31. The summed E-state index contributed by atoms with van der Waals surface area (Å²) in [6, 6.07) is 26.7. The zero-order valence-corrected chi connectivity index (χ0v) is 19.0. The van der Waals surface area contributed by atoms with Gasteiger partial charge in [-0.3, -0.25) is 9.69 Å². The molecule has 172 valence electrons. The van der Waals surface area contributed by atoms with Crippen molar-refractivity contribution in [1.82, 2.24) is 4.90 Å². The van der Waals surface area contributed by atoms with E-state index in [0.717, 1.165) is 35.7 Å². The standard InChI is InChI=1S/C28H31NO4/c1-2-32-26-19-24(13-14-25(26)33-20-21-9-5-3-6-10-21)27(22-11-7-4-8-12-22)29-17-15-23(16-18-29)28(30)31/h3-14,19,23,27H,2,15-18,20H2,1H3,(H,30,31).